The van der Waals surface area contributed by atoms with E-state index in [0.717, 1.165) is 0 Å². The predicted octanol–water partition coefficient (Wildman–Crippen LogP) is 1.29. The first-order valence-corrected chi connectivity index (χ1v) is 3.09. The average Bonchev–Trinajstić information content (AvgIpc) is 2.68. The second-order valence-corrected chi connectivity index (χ2v) is 2.22. The van der Waals surface area contributed by atoms with Gasteiger partial charge in [0, 0.05) is 6.20 Å². The van der Waals surface area contributed by atoms with Crippen LogP contribution in [0.3, 0.4) is 0 Å². The molecule has 2 nitrogen and oxygen atoms in total. The smallest absolute Gasteiger partial charge is 0.126 e. The van der Waals surface area contributed by atoms with Crippen LogP contribution in [0.4, 0.5) is 4.39 Å². The Kier molecular flexibility index (Phi) is 1.17. The van der Waals surface area contributed by atoms with Crippen molar-refractivity contribution >= 4 is 0 Å². The number of halogens is 1. The van der Waals surface area contributed by atoms with Gasteiger partial charge >= 0.3 is 0 Å². The second-order valence-electron chi connectivity index (χ2n) is 2.22. The Hall–Kier alpha value is -0.960. The Balaban J connectivity index is 2.32. The lowest BCUT2D eigenvalue weighted by Gasteiger charge is -1.91. The standard InChI is InChI=1S/C7H6FNO/c8-5-1-2-9-6(3-5)7-4-10-7/h1-3,7H,4H2/t7-/m1/s1. The molecule has 0 spiro atoms. The zero-order valence-electron chi connectivity index (χ0n) is 5.25. The van der Waals surface area contributed by atoms with E-state index >= 15 is 0 Å². The molecule has 0 unspecified atom stereocenters. The van der Waals surface area contributed by atoms with E-state index in [4.69, 9.17) is 4.74 Å². The van der Waals surface area contributed by atoms with Gasteiger partial charge in [-0.05, 0) is 12.1 Å². The Morgan fingerprint density at radius 1 is 1.70 bits per heavy atom. The van der Waals surface area contributed by atoms with Crippen molar-refractivity contribution in [1.82, 2.24) is 4.98 Å². The van der Waals surface area contributed by atoms with Crippen LogP contribution in [-0.4, -0.2) is 11.6 Å². The highest BCUT2D eigenvalue weighted by Gasteiger charge is 2.26. The highest BCUT2D eigenvalue weighted by molar-refractivity contribution is 5.11. The van der Waals surface area contributed by atoms with E-state index in [1.165, 1.54) is 18.3 Å². The molecule has 1 fully saturated rings. The van der Waals surface area contributed by atoms with E-state index in [-0.39, 0.29) is 11.9 Å². The molecule has 1 saturated heterocycles. The number of pyridine rings is 1. The number of ether oxygens (including phenoxy) is 1. The van der Waals surface area contributed by atoms with Gasteiger partial charge in [0.05, 0.1) is 12.3 Å². The molecule has 1 aliphatic heterocycles. The molecule has 1 aromatic heterocycles. The molecule has 1 aliphatic rings. The van der Waals surface area contributed by atoms with E-state index in [2.05, 4.69) is 4.98 Å². The molecule has 52 valence electrons. The fraction of sp³-hybridized carbons (Fsp3) is 0.286. The van der Waals surface area contributed by atoms with Crippen LogP contribution in [0.2, 0.25) is 0 Å². The largest absolute Gasteiger partial charge is 0.366 e. The lowest BCUT2D eigenvalue weighted by Crippen LogP contribution is -1.86. The summed E-state index contributed by atoms with van der Waals surface area (Å²) >= 11 is 0. The van der Waals surface area contributed by atoms with Crippen LogP contribution in [0.15, 0.2) is 18.3 Å². The van der Waals surface area contributed by atoms with Crippen LogP contribution < -0.4 is 0 Å². The molecule has 3 heteroatoms. The van der Waals surface area contributed by atoms with Crippen LogP contribution in [-0.2, 0) is 4.74 Å². The summed E-state index contributed by atoms with van der Waals surface area (Å²) in [6, 6.07) is 2.73. The first-order valence-electron chi connectivity index (χ1n) is 3.09. The quantitative estimate of drug-likeness (QED) is 0.548. The fourth-order valence-corrected chi connectivity index (χ4v) is 0.816. The maximum absolute atomic E-state index is 12.5. The van der Waals surface area contributed by atoms with Gasteiger partial charge in [0.25, 0.3) is 0 Å². The highest BCUT2D eigenvalue weighted by atomic mass is 19.1. The summed E-state index contributed by atoms with van der Waals surface area (Å²) in [5.41, 5.74) is 0.694. The normalized spacial score (nSPS) is 22.7. The zero-order valence-corrected chi connectivity index (χ0v) is 5.25. The molecule has 0 N–H and O–H groups in total. The Morgan fingerprint density at radius 2 is 2.50 bits per heavy atom. The van der Waals surface area contributed by atoms with Crippen molar-refractivity contribution < 1.29 is 9.13 Å². The first kappa shape index (κ1) is 5.80. The molecular formula is C7H6FNO. The van der Waals surface area contributed by atoms with Gasteiger partial charge in [-0.1, -0.05) is 0 Å². The topological polar surface area (TPSA) is 25.4 Å². The monoisotopic (exact) mass is 139 g/mol. The third kappa shape index (κ3) is 0.998. The van der Waals surface area contributed by atoms with E-state index in [1.807, 2.05) is 0 Å². The number of rotatable bonds is 1. The molecule has 2 heterocycles. The fourth-order valence-electron chi connectivity index (χ4n) is 0.816. The van der Waals surface area contributed by atoms with Gasteiger partial charge in [-0.25, -0.2) is 4.39 Å². The van der Waals surface area contributed by atoms with Crippen molar-refractivity contribution in [3.63, 3.8) is 0 Å². The maximum Gasteiger partial charge on any atom is 0.126 e. The number of aromatic nitrogens is 1. The molecule has 10 heavy (non-hydrogen) atoms. The third-order valence-corrected chi connectivity index (χ3v) is 1.41. The van der Waals surface area contributed by atoms with E-state index in [9.17, 15) is 4.39 Å². The number of hydrogen-bond donors (Lipinski definition) is 0. The molecule has 1 aromatic rings. The van der Waals surface area contributed by atoms with Gasteiger partial charge in [-0.15, -0.1) is 0 Å². The van der Waals surface area contributed by atoms with Crippen molar-refractivity contribution in [1.29, 1.82) is 0 Å². The maximum atomic E-state index is 12.5. The van der Waals surface area contributed by atoms with Crippen molar-refractivity contribution in [2.24, 2.45) is 0 Å². The molecule has 0 radical (unpaired) electrons. The number of nitrogens with zero attached hydrogens (tertiary/aromatic N) is 1. The number of hydrogen-bond acceptors (Lipinski definition) is 2. The van der Waals surface area contributed by atoms with E-state index < -0.39 is 0 Å². The molecule has 1 atom stereocenters. The average molecular weight is 139 g/mol. The molecule has 0 aromatic carbocycles. The van der Waals surface area contributed by atoms with Crippen LogP contribution in [0, 0.1) is 5.82 Å². The highest BCUT2D eigenvalue weighted by Crippen LogP contribution is 2.27. The predicted molar refractivity (Wildman–Crippen MR) is 32.9 cm³/mol. The van der Waals surface area contributed by atoms with Crippen LogP contribution >= 0.6 is 0 Å². The zero-order chi connectivity index (χ0) is 6.97. The lowest BCUT2D eigenvalue weighted by atomic mass is 10.3. The van der Waals surface area contributed by atoms with Crippen LogP contribution in [0.25, 0.3) is 0 Å². The van der Waals surface area contributed by atoms with Gasteiger partial charge < -0.3 is 4.74 Å². The third-order valence-electron chi connectivity index (χ3n) is 1.41. The van der Waals surface area contributed by atoms with Gasteiger partial charge in [0.15, 0.2) is 0 Å². The molecular weight excluding hydrogens is 133 g/mol. The van der Waals surface area contributed by atoms with Crippen molar-refractivity contribution in [3.05, 3.63) is 29.8 Å². The van der Waals surface area contributed by atoms with E-state index in [0.29, 0.717) is 12.3 Å². The SMILES string of the molecule is Fc1ccnc([C@H]2CO2)c1. The number of epoxide rings is 1. The summed E-state index contributed by atoms with van der Waals surface area (Å²) in [5.74, 6) is -0.250. The van der Waals surface area contributed by atoms with Crippen molar-refractivity contribution in [2.45, 2.75) is 6.10 Å². The molecule has 0 bridgehead atoms. The first-order chi connectivity index (χ1) is 4.86. The van der Waals surface area contributed by atoms with Gasteiger partial charge in [0.1, 0.15) is 11.9 Å². The minimum Gasteiger partial charge on any atom is -0.366 e. The molecule has 0 aliphatic carbocycles. The summed E-state index contributed by atoms with van der Waals surface area (Å²) < 4.78 is 17.4. The van der Waals surface area contributed by atoms with Gasteiger partial charge in [-0.2, -0.15) is 0 Å². The molecule has 0 amide bonds. The van der Waals surface area contributed by atoms with E-state index in [1.54, 1.807) is 0 Å². The summed E-state index contributed by atoms with van der Waals surface area (Å²) in [6.07, 6.45) is 1.50. The molecule has 0 saturated carbocycles. The lowest BCUT2D eigenvalue weighted by molar-refractivity contribution is 0.410. The minimum absolute atomic E-state index is 0.0516. The van der Waals surface area contributed by atoms with Crippen LogP contribution in [0.1, 0.15) is 11.8 Å². The molecule has 2 rings (SSSR count). The van der Waals surface area contributed by atoms with Crippen molar-refractivity contribution in [2.75, 3.05) is 6.61 Å². The van der Waals surface area contributed by atoms with Crippen molar-refractivity contribution in [3.8, 4) is 0 Å². The van der Waals surface area contributed by atoms with Gasteiger partial charge in [-0.3, -0.25) is 4.98 Å². The van der Waals surface area contributed by atoms with Crippen LogP contribution in [0.5, 0.6) is 0 Å². The Morgan fingerprint density at radius 3 is 3.10 bits per heavy atom. The Bertz CT molecular complexity index is 247. The minimum atomic E-state index is -0.250. The second kappa shape index (κ2) is 2.02. The van der Waals surface area contributed by atoms with Gasteiger partial charge in [0.2, 0.25) is 0 Å². The summed E-state index contributed by atoms with van der Waals surface area (Å²) in [5, 5.41) is 0. The Labute approximate surface area is 57.7 Å². The summed E-state index contributed by atoms with van der Waals surface area (Å²) in [7, 11) is 0. The summed E-state index contributed by atoms with van der Waals surface area (Å²) in [6.45, 7) is 0.677. The summed E-state index contributed by atoms with van der Waals surface area (Å²) in [4.78, 5) is 3.94.